The molecule has 190 valence electrons. The predicted molar refractivity (Wildman–Crippen MR) is 142 cm³/mol. The number of hydrogen-bond acceptors (Lipinski definition) is 7. The van der Waals surface area contributed by atoms with E-state index in [-0.39, 0.29) is 11.8 Å². The highest BCUT2D eigenvalue weighted by molar-refractivity contribution is 6.06. The molecule has 1 fully saturated rings. The van der Waals surface area contributed by atoms with Crippen LogP contribution in [0, 0.1) is 6.92 Å². The SMILES string of the molecule is COc1cnccc1-c1cc2cc(C(=O)Nc3cc(NC(=O)CN4CCC[C@@H]4C)cnc3C)cnc2[nH]1. The molecule has 1 aliphatic heterocycles. The standard InChI is InChI=1S/C27H29N7O3/c1-16-5-4-8-34(16)15-25(35)31-20-11-22(17(2)29-13-20)33-27(36)19-9-18-10-23(32-26(18)30-12-19)21-6-7-28-14-24(21)37-3/h6-7,9-14,16H,4-5,8,15H2,1-3H3,(H,30,32)(H,31,35)(H,33,36)/t16-/m0/s1. The lowest BCUT2D eigenvalue weighted by Gasteiger charge is -2.20. The average molecular weight is 500 g/mol. The number of aryl methyl sites for hydroxylation is 1. The van der Waals surface area contributed by atoms with Gasteiger partial charge in [-0.3, -0.25) is 24.5 Å². The molecule has 0 unspecified atom stereocenters. The molecule has 4 aromatic heterocycles. The molecule has 1 atom stereocenters. The van der Waals surface area contributed by atoms with E-state index in [0.29, 0.717) is 46.6 Å². The molecule has 0 bridgehead atoms. The van der Waals surface area contributed by atoms with E-state index in [1.165, 1.54) is 6.20 Å². The fourth-order valence-corrected chi connectivity index (χ4v) is 4.58. The zero-order valence-electron chi connectivity index (χ0n) is 21.0. The molecule has 0 aromatic carbocycles. The molecule has 2 amide bonds. The van der Waals surface area contributed by atoms with Gasteiger partial charge in [0.2, 0.25) is 5.91 Å². The zero-order chi connectivity index (χ0) is 25.9. The highest BCUT2D eigenvalue weighted by atomic mass is 16.5. The number of fused-ring (bicyclic) bond motifs is 1. The van der Waals surface area contributed by atoms with Gasteiger partial charge in [0.1, 0.15) is 11.4 Å². The Morgan fingerprint density at radius 3 is 2.81 bits per heavy atom. The Morgan fingerprint density at radius 2 is 2.03 bits per heavy atom. The fourth-order valence-electron chi connectivity index (χ4n) is 4.58. The van der Waals surface area contributed by atoms with E-state index >= 15 is 0 Å². The Hall–Kier alpha value is -4.31. The lowest BCUT2D eigenvalue weighted by atomic mass is 10.1. The van der Waals surface area contributed by atoms with E-state index in [4.69, 9.17) is 4.74 Å². The number of hydrogen-bond donors (Lipinski definition) is 3. The summed E-state index contributed by atoms with van der Waals surface area (Å²) in [4.78, 5) is 43.9. The third kappa shape index (κ3) is 5.29. The summed E-state index contributed by atoms with van der Waals surface area (Å²) in [6.45, 7) is 5.21. The van der Waals surface area contributed by atoms with E-state index in [1.54, 1.807) is 44.8 Å². The number of pyridine rings is 3. The molecule has 1 aliphatic rings. The third-order valence-corrected chi connectivity index (χ3v) is 6.68. The maximum Gasteiger partial charge on any atom is 0.257 e. The number of nitrogens with zero attached hydrogens (tertiary/aromatic N) is 4. The van der Waals surface area contributed by atoms with Crippen LogP contribution in [0.3, 0.4) is 0 Å². The Morgan fingerprint density at radius 1 is 1.16 bits per heavy atom. The van der Waals surface area contributed by atoms with Crippen LogP contribution in [-0.4, -0.2) is 62.9 Å². The predicted octanol–water partition coefficient (Wildman–Crippen LogP) is 4.01. The molecule has 37 heavy (non-hydrogen) atoms. The van der Waals surface area contributed by atoms with Gasteiger partial charge in [-0.05, 0) is 57.5 Å². The third-order valence-electron chi connectivity index (χ3n) is 6.68. The van der Waals surface area contributed by atoms with Gasteiger partial charge in [0, 0.05) is 29.4 Å². The summed E-state index contributed by atoms with van der Waals surface area (Å²) in [5.41, 5.74) is 4.41. The molecule has 5 heterocycles. The Kier molecular flexibility index (Phi) is 6.82. The summed E-state index contributed by atoms with van der Waals surface area (Å²) in [5.74, 6) is 0.218. The number of methoxy groups -OCH3 is 1. The molecule has 3 N–H and O–H groups in total. The summed E-state index contributed by atoms with van der Waals surface area (Å²) in [6, 6.07) is 7.68. The van der Waals surface area contributed by atoms with Crippen LogP contribution >= 0.6 is 0 Å². The van der Waals surface area contributed by atoms with Crippen molar-refractivity contribution < 1.29 is 14.3 Å². The molecule has 10 nitrogen and oxygen atoms in total. The van der Waals surface area contributed by atoms with Gasteiger partial charge in [0.15, 0.2) is 0 Å². The first kappa shape index (κ1) is 24.4. The Labute approximate surface area is 214 Å². The second kappa shape index (κ2) is 10.4. The van der Waals surface area contributed by atoms with E-state index in [1.807, 2.05) is 12.1 Å². The second-order valence-corrected chi connectivity index (χ2v) is 9.24. The largest absolute Gasteiger partial charge is 0.494 e. The maximum absolute atomic E-state index is 13.1. The number of aromatic nitrogens is 4. The van der Waals surface area contributed by atoms with Crippen LogP contribution in [0.15, 0.2) is 49.1 Å². The van der Waals surface area contributed by atoms with Crippen molar-refractivity contribution in [3.05, 3.63) is 60.3 Å². The quantitative estimate of drug-likeness (QED) is 0.351. The van der Waals surface area contributed by atoms with Crippen molar-refractivity contribution in [1.82, 2.24) is 24.8 Å². The van der Waals surface area contributed by atoms with Gasteiger partial charge < -0.3 is 20.4 Å². The van der Waals surface area contributed by atoms with Gasteiger partial charge in [-0.15, -0.1) is 0 Å². The van der Waals surface area contributed by atoms with Crippen LogP contribution < -0.4 is 15.4 Å². The monoisotopic (exact) mass is 499 g/mol. The maximum atomic E-state index is 13.1. The van der Waals surface area contributed by atoms with E-state index in [9.17, 15) is 9.59 Å². The van der Waals surface area contributed by atoms with Gasteiger partial charge in [0.05, 0.1) is 54.4 Å². The zero-order valence-corrected chi connectivity index (χ0v) is 21.0. The molecular formula is C27H29N7O3. The number of aromatic amines is 1. The molecule has 4 aromatic rings. The number of rotatable bonds is 7. The molecule has 0 aliphatic carbocycles. The fraction of sp³-hybridized carbons (Fsp3) is 0.296. The van der Waals surface area contributed by atoms with Crippen LogP contribution in [0.4, 0.5) is 11.4 Å². The van der Waals surface area contributed by atoms with Crippen molar-refractivity contribution in [2.24, 2.45) is 0 Å². The Bertz CT molecular complexity index is 1470. The van der Waals surface area contributed by atoms with Crippen molar-refractivity contribution in [3.8, 4) is 17.0 Å². The summed E-state index contributed by atoms with van der Waals surface area (Å²) >= 11 is 0. The highest BCUT2D eigenvalue weighted by Gasteiger charge is 2.22. The van der Waals surface area contributed by atoms with Crippen LogP contribution in [0.2, 0.25) is 0 Å². The summed E-state index contributed by atoms with van der Waals surface area (Å²) in [6.07, 6.45) is 8.67. The van der Waals surface area contributed by atoms with Crippen molar-refractivity contribution in [3.63, 3.8) is 0 Å². The van der Waals surface area contributed by atoms with E-state index in [0.717, 1.165) is 36.0 Å². The minimum atomic E-state index is -0.321. The van der Waals surface area contributed by atoms with Crippen molar-refractivity contribution >= 4 is 34.2 Å². The van der Waals surface area contributed by atoms with E-state index < -0.39 is 0 Å². The molecule has 0 spiro atoms. The number of carbonyl (C=O) groups is 2. The molecule has 1 saturated heterocycles. The smallest absolute Gasteiger partial charge is 0.257 e. The first-order valence-corrected chi connectivity index (χ1v) is 12.2. The average Bonchev–Trinajstić information content (AvgIpc) is 3.51. The van der Waals surface area contributed by atoms with E-state index in [2.05, 4.69) is 42.4 Å². The minimum Gasteiger partial charge on any atom is -0.494 e. The number of ether oxygens (including phenoxy) is 1. The van der Waals surface area contributed by atoms with Gasteiger partial charge in [-0.1, -0.05) is 0 Å². The van der Waals surface area contributed by atoms with Gasteiger partial charge in [-0.2, -0.15) is 0 Å². The summed E-state index contributed by atoms with van der Waals surface area (Å²) in [5, 5.41) is 6.58. The number of anilines is 2. The number of H-pyrrole nitrogens is 1. The van der Waals surface area contributed by atoms with Crippen molar-refractivity contribution in [2.75, 3.05) is 30.8 Å². The topological polar surface area (TPSA) is 125 Å². The highest BCUT2D eigenvalue weighted by Crippen LogP contribution is 2.30. The van der Waals surface area contributed by atoms with Crippen LogP contribution in [0.5, 0.6) is 5.75 Å². The number of amides is 2. The number of nitrogens with one attached hydrogen (secondary N) is 3. The number of carbonyl (C=O) groups excluding carboxylic acids is 2. The molecule has 5 rings (SSSR count). The first-order valence-electron chi connectivity index (χ1n) is 12.2. The van der Waals surface area contributed by atoms with Crippen molar-refractivity contribution in [1.29, 1.82) is 0 Å². The van der Waals surface area contributed by atoms with Crippen LogP contribution in [0.25, 0.3) is 22.3 Å². The first-order chi connectivity index (χ1) is 17.9. The van der Waals surface area contributed by atoms with Crippen molar-refractivity contribution in [2.45, 2.75) is 32.7 Å². The van der Waals surface area contributed by atoms with Crippen LogP contribution in [0.1, 0.15) is 35.8 Å². The van der Waals surface area contributed by atoms with Gasteiger partial charge in [0.25, 0.3) is 5.91 Å². The molecular weight excluding hydrogens is 470 g/mol. The number of likely N-dealkylation sites (tertiary alicyclic amines) is 1. The minimum absolute atomic E-state index is 0.0968. The lowest BCUT2D eigenvalue weighted by Crippen LogP contribution is -2.35. The Balaban J connectivity index is 1.31. The normalized spacial score (nSPS) is 15.6. The molecule has 10 heteroatoms. The molecule has 0 radical (unpaired) electrons. The van der Waals surface area contributed by atoms with Crippen LogP contribution in [-0.2, 0) is 4.79 Å². The molecule has 0 saturated carbocycles. The van der Waals surface area contributed by atoms with Gasteiger partial charge in [-0.25, -0.2) is 4.98 Å². The van der Waals surface area contributed by atoms with Gasteiger partial charge >= 0.3 is 0 Å². The second-order valence-electron chi connectivity index (χ2n) is 9.24. The summed E-state index contributed by atoms with van der Waals surface area (Å²) < 4.78 is 5.40. The summed E-state index contributed by atoms with van der Waals surface area (Å²) in [7, 11) is 1.59. The lowest BCUT2D eigenvalue weighted by molar-refractivity contribution is -0.117.